The molecular weight excluding hydrogens is 305 g/mol. The zero-order valence-electron chi connectivity index (χ0n) is 11.8. The molecule has 1 nitrogen and oxygen atoms in total. The number of rotatable bonds is 4. The van der Waals surface area contributed by atoms with E-state index in [4.69, 9.17) is 0 Å². The van der Waals surface area contributed by atoms with Crippen molar-refractivity contribution in [1.29, 1.82) is 0 Å². The van der Waals surface area contributed by atoms with Gasteiger partial charge in [-0.1, -0.05) is 19.8 Å². The van der Waals surface area contributed by atoms with Crippen molar-refractivity contribution in [3.63, 3.8) is 0 Å². The van der Waals surface area contributed by atoms with E-state index in [0.717, 1.165) is 17.2 Å². The molecule has 0 unspecified atom stereocenters. The summed E-state index contributed by atoms with van der Waals surface area (Å²) in [5.41, 5.74) is 2.04. The third-order valence-electron chi connectivity index (χ3n) is 4.17. The topological polar surface area (TPSA) is 12.0 Å². The standard InChI is InChI=1S/C16H23BrFN/c1-3-4-12-5-7-13(8-6-12)19-16-10-14(17)15(18)9-11(16)2/h9-10,12-13,19H,3-8H2,1-2H3. The highest BCUT2D eigenvalue weighted by Gasteiger charge is 2.21. The van der Waals surface area contributed by atoms with Crippen LogP contribution in [0.2, 0.25) is 0 Å². The lowest BCUT2D eigenvalue weighted by atomic mass is 9.83. The summed E-state index contributed by atoms with van der Waals surface area (Å²) >= 11 is 3.26. The minimum absolute atomic E-state index is 0.185. The highest BCUT2D eigenvalue weighted by atomic mass is 79.9. The summed E-state index contributed by atoms with van der Waals surface area (Å²) < 4.78 is 13.9. The summed E-state index contributed by atoms with van der Waals surface area (Å²) in [6, 6.07) is 4.00. The normalized spacial score (nSPS) is 23.4. The first-order valence-corrected chi connectivity index (χ1v) is 8.11. The molecule has 0 aliphatic heterocycles. The van der Waals surface area contributed by atoms with Crippen molar-refractivity contribution >= 4 is 21.6 Å². The van der Waals surface area contributed by atoms with E-state index in [0.29, 0.717) is 10.5 Å². The van der Waals surface area contributed by atoms with Gasteiger partial charge in [-0.15, -0.1) is 0 Å². The van der Waals surface area contributed by atoms with Crippen molar-refractivity contribution in [1.82, 2.24) is 0 Å². The van der Waals surface area contributed by atoms with Crippen LogP contribution in [0.15, 0.2) is 16.6 Å². The molecule has 1 aliphatic carbocycles. The molecule has 0 heterocycles. The quantitative estimate of drug-likeness (QED) is 0.751. The second kappa shape index (κ2) is 6.74. The molecule has 106 valence electrons. The minimum Gasteiger partial charge on any atom is -0.382 e. The van der Waals surface area contributed by atoms with E-state index >= 15 is 0 Å². The van der Waals surface area contributed by atoms with Crippen LogP contribution in [0, 0.1) is 18.7 Å². The van der Waals surface area contributed by atoms with Crippen LogP contribution in [-0.2, 0) is 0 Å². The molecule has 0 aromatic heterocycles. The van der Waals surface area contributed by atoms with E-state index in [1.54, 1.807) is 6.07 Å². The molecule has 0 bridgehead atoms. The Hall–Kier alpha value is -0.570. The smallest absolute Gasteiger partial charge is 0.137 e. The molecule has 0 atom stereocenters. The van der Waals surface area contributed by atoms with Crippen molar-refractivity contribution in [2.75, 3.05) is 5.32 Å². The number of benzene rings is 1. The van der Waals surface area contributed by atoms with Gasteiger partial charge in [0.1, 0.15) is 5.82 Å². The molecule has 1 aromatic carbocycles. The lowest BCUT2D eigenvalue weighted by molar-refractivity contribution is 0.319. The number of hydrogen-bond acceptors (Lipinski definition) is 1. The molecule has 1 saturated carbocycles. The first-order valence-electron chi connectivity index (χ1n) is 7.32. The van der Waals surface area contributed by atoms with Gasteiger partial charge in [0.05, 0.1) is 4.47 Å². The van der Waals surface area contributed by atoms with E-state index in [9.17, 15) is 4.39 Å². The number of aryl methyl sites for hydroxylation is 1. The summed E-state index contributed by atoms with van der Waals surface area (Å²) in [5, 5.41) is 3.58. The Labute approximate surface area is 124 Å². The van der Waals surface area contributed by atoms with Crippen molar-refractivity contribution in [3.8, 4) is 0 Å². The van der Waals surface area contributed by atoms with Gasteiger partial charge in [-0.05, 0) is 72.2 Å². The summed E-state index contributed by atoms with van der Waals surface area (Å²) in [7, 11) is 0. The number of anilines is 1. The largest absolute Gasteiger partial charge is 0.382 e. The molecule has 1 aliphatic rings. The van der Waals surface area contributed by atoms with Gasteiger partial charge >= 0.3 is 0 Å². The molecule has 0 spiro atoms. The summed E-state index contributed by atoms with van der Waals surface area (Å²) in [6.45, 7) is 4.23. The average molecular weight is 328 g/mol. The summed E-state index contributed by atoms with van der Waals surface area (Å²) in [4.78, 5) is 0. The van der Waals surface area contributed by atoms with Crippen LogP contribution in [0.5, 0.6) is 0 Å². The van der Waals surface area contributed by atoms with Crippen LogP contribution in [0.1, 0.15) is 51.0 Å². The maximum absolute atomic E-state index is 13.4. The Balaban J connectivity index is 1.94. The molecule has 0 radical (unpaired) electrons. The van der Waals surface area contributed by atoms with Gasteiger partial charge < -0.3 is 5.32 Å². The minimum atomic E-state index is -0.185. The zero-order valence-corrected chi connectivity index (χ0v) is 13.4. The predicted molar refractivity (Wildman–Crippen MR) is 83.1 cm³/mol. The summed E-state index contributed by atoms with van der Waals surface area (Å²) in [5.74, 6) is 0.735. The van der Waals surface area contributed by atoms with Crippen molar-refractivity contribution in [2.45, 2.75) is 58.4 Å². The van der Waals surface area contributed by atoms with E-state index in [1.165, 1.54) is 38.5 Å². The second-order valence-corrected chi connectivity index (χ2v) is 6.59. The van der Waals surface area contributed by atoms with Gasteiger partial charge in [-0.25, -0.2) is 4.39 Å². The third kappa shape index (κ3) is 3.95. The maximum Gasteiger partial charge on any atom is 0.137 e. The zero-order chi connectivity index (χ0) is 13.8. The van der Waals surface area contributed by atoms with Crippen LogP contribution in [-0.4, -0.2) is 6.04 Å². The highest BCUT2D eigenvalue weighted by Crippen LogP contribution is 2.31. The third-order valence-corrected chi connectivity index (χ3v) is 4.78. The molecule has 1 fully saturated rings. The molecule has 19 heavy (non-hydrogen) atoms. The SMILES string of the molecule is CCCC1CCC(Nc2cc(Br)c(F)cc2C)CC1. The Bertz CT molecular complexity index is 425. The maximum atomic E-state index is 13.4. The van der Waals surface area contributed by atoms with Gasteiger partial charge in [0.25, 0.3) is 0 Å². The van der Waals surface area contributed by atoms with Crippen molar-refractivity contribution in [2.24, 2.45) is 5.92 Å². The van der Waals surface area contributed by atoms with Gasteiger partial charge in [0.15, 0.2) is 0 Å². The lowest BCUT2D eigenvalue weighted by Gasteiger charge is -2.30. The molecule has 1 aromatic rings. The highest BCUT2D eigenvalue weighted by molar-refractivity contribution is 9.10. The van der Waals surface area contributed by atoms with Crippen LogP contribution >= 0.6 is 15.9 Å². The monoisotopic (exact) mass is 327 g/mol. The van der Waals surface area contributed by atoms with E-state index < -0.39 is 0 Å². The Kier molecular flexibility index (Phi) is 5.26. The first kappa shape index (κ1) is 14.8. The van der Waals surface area contributed by atoms with E-state index in [1.807, 2.05) is 13.0 Å². The first-order chi connectivity index (χ1) is 9.10. The average Bonchev–Trinajstić information content (AvgIpc) is 2.38. The summed E-state index contributed by atoms with van der Waals surface area (Å²) in [6.07, 6.45) is 7.79. The molecule has 2 rings (SSSR count). The van der Waals surface area contributed by atoms with Gasteiger partial charge in [0.2, 0.25) is 0 Å². The fourth-order valence-corrected chi connectivity index (χ4v) is 3.37. The molecule has 1 N–H and O–H groups in total. The number of nitrogens with one attached hydrogen (secondary N) is 1. The van der Waals surface area contributed by atoms with E-state index in [-0.39, 0.29) is 5.82 Å². The lowest BCUT2D eigenvalue weighted by Crippen LogP contribution is -2.26. The van der Waals surface area contributed by atoms with Crippen LogP contribution in [0.4, 0.5) is 10.1 Å². The molecule has 0 saturated heterocycles. The Morgan fingerprint density at radius 1 is 1.26 bits per heavy atom. The van der Waals surface area contributed by atoms with Gasteiger partial charge in [0, 0.05) is 11.7 Å². The second-order valence-electron chi connectivity index (χ2n) is 5.73. The van der Waals surface area contributed by atoms with Crippen LogP contribution < -0.4 is 5.32 Å². The number of halogens is 2. The van der Waals surface area contributed by atoms with Crippen LogP contribution in [0.25, 0.3) is 0 Å². The van der Waals surface area contributed by atoms with Gasteiger partial charge in [-0.2, -0.15) is 0 Å². The molecule has 0 amide bonds. The van der Waals surface area contributed by atoms with Gasteiger partial charge in [-0.3, -0.25) is 0 Å². The predicted octanol–water partition coefficient (Wildman–Crippen LogP) is 5.67. The fourth-order valence-electron chi connectivity index (χ4n) is 3.03. The van der Waals surface area contributed by atoms with E-state index in [2.05, 4.69) is 28.2 Å². The Morgan fingerprint density at radius 3 is 2.58 bits per heavy atom. The van der Waals surface area contributed by atoms with Crippen LogP contribution in [0.3, 0.4) is 0 Å². The van der Waals surface area contributed by atoms with Crippen molar-refractivity contribution < 1.29 is 4.39 Å². The molecular formula is C16H23BrFN. The number of hydrogen-bond donors (Lipinski definition) is 1. The van der Waals surface area contributed by atoms with Crippen molar-refractivity contribution in [3.05, 3.63) is 28.0 Å². The fraction of sp³-hybridized carbons (Fsp3) is 0.625. The molecule has 3 heteroatoms. The Morgan fingerprint density at radius 2 is 1.95 bits per heavy atom.